The smallest absolute Gasteiger partial charge is 0.228 e. The maximum atomic E-state index is 11.8. The van der Waals surface area contributed by atoms with Gasteiger partial charge in [0, 0.05) is 18.8 Å². The maximum Gasteiger partial charge on any atom is 0.228 e. The molecule has 2 amide bonds. The van der Waals surface area contributed by atoms with Crippen LogP contribution in [-0.2, 0) is 16.0 Å². The van der Waals surface area contributed by atoms with Gasteiger partial charge in [-0.3, -0.25) is 9.59 Å². The molecule has 0 bridgehead atoms. The second-order valence-corrected chi connectivity index (χ2v) is 4.44. The molecule has 4 N–H and O–H groups in total. The lowest BCUT2D eigenvalue weighted by molar-refractivity contribution is -0.122. The zero-order valence-electron chi connectivity index (χ0n) is 10.3. The van der Waals surface area contributed by atoms with E-state index >= 15 is 0 Å². The molecule has 0 saturated carbocycles. The molecule has 18 heavy (non-hydrogen) atoms. The Balaban J connectivity index is 2.12. The van der Waals surface area contributed by atoms with E-state index in [0.29, 0.717) is 19.5 Å². The van der Waals surface area contributed by atoms with Crippen molar-refractivity contribution in [2.24, 2.45) is 5.73 Å². The van der Waals surface area contributed by atoms with Gasteiger partial charge in [-0.2, -0.15) is 0 Å². The lowest BCUT2D eigenvalue weighted by Crippen LogP contribution is -2.32. The van der Waals surface area contributed by atoms with Crippen LogP contribution in [0.1, 0.15) is 24.0 Å². The third-order valence-electron chi connectivity index (χ3n) is 3.09. The molecule has 1 aromatic carbocycles. The molecule has 1 unspecified atom stereocenters. The van der Waals surface area contributed by atoms with Crippen molar-refractivity contribution in [3.63, 3.8) is 0 Å². The summed E-state index contributed by atoms with van der Waals surface area (Å²) in [6.45, 7) is 2.76. The molecular weight excluding hydrogens is 230 g/mol. The molecule has 1 heterocycles. The van der Waals surface area contributed by atoms with E-state index in [9.17, 15) is 9.59 Å². The van der Waals surface area contributed by atoms with Crippen molar-refractivity contribution in [3.05, 3.63) is 29.3 Å². The zero-order chi connectivity index (χ0) is 13.1. The fourth-order valence-corrected chi connectivity index (χ4v) is 2.02. The van der Waals surface area contributed by atoms with Crippen molar-refractivity contribution in [3.8, 4) is 0 Å². The summed E-state index contributed by atoms with van der Waals surface area (Å²) in [5.74, 6) is -0.280. The zero-order valence-corrected chi connectivity index (χ0v) is 10.3. The average Bonchev–Trinajstić information content (AvgIpc) is 2.73. The third-order valence-corrected chi connectivity index (χ3v) is 3.09. The van der Waals surface area contributed by atoms with E-state index in [1.807, 2.05) is 25.1 Å². The minimum Gasteiger partial charge on any atom is -0.354 e. The molecule has 5 nitrogen and oxygen atoms in total. The quantitative estimate of drug-likeness (QED) is 0.718. The van der Waals surface area contributed by atoms with Crippen molar-refractivity contribution >= 4 is 17.5 Å². The number of benzene rings is 1. The first-order valence-corrected chi connectivity index (χ1v) is 6.02. The van der Waals surface area contributed by atoms with E-state index in [2.05, 4.69) is 10.6 Å². The minimum atomic E-state index is -0.238. The van der Waals surface area contributed by atoms with Crippen molar-refractivity contribution in [2.45, 2.75) is 19.3 Å². The second-order valence-electron chi connectivity index (χ2n) is 4.44. The number of fused-ring (bicyclic) bond motifs is 1. The number of nitrogens with two attached hydrogens (primary N) is 1. The molecule has 1 aliphatic heterocycles. The summed E-state index contributed by atoms with van der Waals surface area (Å²) in [6, 6.07) is 5.64. The van der Waals surface area contributed by atoms with E-state index in [0.717, 1.165) is 16.8 Å². The lowest BCUT2D eigenvalue weighted by Gasteiger charge is -2.13. The summed E-state index contributed by atoms with van der Waals surface area (Å²) in [4.78, 5) is 23.1. The van der Waals surface area contributed by atoms with Crippen LogP contribution >= 0.6 is 0 Å². The van der Waals surface area contributed by atoms with Gasteiger partial charge in [0.25, 0.3) is 0 Å². The average molecular weight is 247 g/mol. The maximum absolute atomic E-state index is 11.8. The van der Waals surface area contributed by atoms with Gasteiger partial charge in [-0.05, 0) is 24.1 Å². The number of carbonyl (C=O) groups excluding carboxylic acids is 2. The molecule has 0 aromatic heterocycles. The van der Waals surface area contributed by atoms with E-state index in [-0.39, 0.29) is 17.7 Å². The Labute approximate surface area is 106 Å². The first-order chi connectivity index (χ1) is 8.61. The standard InChI is InChI=1S/C13H17N3O2/c1-8(13(18)15-5-4-14)9-2-3-11-10(6-9)7-12(17)16-11/h2-3,6,8H,4-5,7,14H2,1H3,(H,15,18)(H,16,17). The molecule has 0 saturated heterocycles. The molecule has 0 spiro atoms. The van der Waals surface area contributed by atoms with E-state index < -0.39 is 0 Å². The van der Waals surface area contributed by atoms with Crippen molar-refractivity contribution in [2.75, 3.05) is 18.4 Å². The number of anilines is 1. The number of hydrogen-bond donors (Lipinski definition) is 3. The van der Waals surface area contributed by atoms with Crippen LogP contribution in [0, 0.1) is 0 Å². The normalized spacial score (nSPS) is 14.9. The Bertz CT molecular complexity index is 485. The van der Waals surface area contributed by atoms with Gasteiger partial charge in [-0.1, -0.05) is 12.1 Å². The van der Waals surface area contributed by atoms with Gasteiger partial charge >= 0.3 is 0 Å². The number of hydrogen-bond acceptors (Lipinski definition) is 3. The van der Waals surface area contributed by atoms with Gasteiger partial charge < -0.3 is 16.4 Å². The molecule has 1 atom stereocenters. The Morgan fingerprint density at radius 1 is 1.56 bits per heavy atom. The highest BCUT2D eigenvalue weighted by molar-refractivity contribution is 5.99. The van der Waals surface area contributed by atoms with Crippen LogP contribution in [0.15, 0.2) is 18.2 Å². The Morgan fingerprint density at radius 3 is 3.06 bits per heavy atom. The number of nitrogens with one attached hydrogen (secondary N) is 2. The lowest BCUT2D eigenvalue weighted by atomic mass is 9.97. The Hall–Kier alpha value is -1.88. The van der Waals surface area contributed by atoms with Crippen molar-refractivity contribution < 1.29 is 9.59 Å². The van der Waals surface area contributed by atoms with E-state index in [4.69, 9.17) is 5.73 Å². The molecule has 0 fully saturated rings. The summed E-state index contributed by atoms with van der Waals surface area (Å²) in [5, 5.41) is 5.53. The molecule has 96 valence electrons. The van der Waals surface area contributed by atoms with Crippen molar-refractivity contribution in [1.82, 2.24) is 5.32 Å². The van der Waals surface area contributed by atoms with Crippen LogP contribution < -0.4 is 16.4 Å². The second kappa shape index (κ2) is 5.18. The highest BCUT2D eigenvalue weighted by Gasteiger charge is 2.21. The summed E-state index contributed by atoms with van der Waals surface area (Å²) in [7, 11) is 0. The first kappa shape index (κ1) is 12.6. The largest absolute Gasteiger partial charge is 0.354 e. The van der Waals surface area contributed by atoms with Crippen molar-refractivity contribution in [1.29, 1.82) is 0 Å². The van der Waals surface area contributed by atoms with Gasteiger partial charge in [-0.15, -0.1) is 0 Å². The van der Waals surface area contributed by atoms with Crippen LogP contribution in [0.2, 0.25) is 0 Å². The molecule has 5 heteroatoms. The summed E-state index contributed by atoms with van der Waals surface area (Å²) in [5.41, 5.74) is 8.06. The fraction of sp³-hybridized carbons (Fsp3) is 0.385. The van der Waals surface area contributed by atoms with Gasteiger partial charge in [0.1, 0.15) is 0 Å². The first-order valence-electron chi connectivity index (χ1n) is 6.02. The summed E-state index contributed by atoms with van der Waals surface area (Å²) >= 11 is 0. The van der Waals surface area contributed by atoms with Crippen LogP contribution in [-0.4, -0.2) is 24.9 Å². The van der Waals surface area contributed by atoms with Crippen LogP contribution in [0.3, 0.4) is 0 Å². The Morgan fingerprint density at radius 2 is 2.33 bits per heavy atom. The van der Waals surface area contributed by atoms with Gasteiger partial charge in [0.05, 0.1) is 12.3 Å². The van der Waals surface area contributed by atoms with Crippen LogP contribution in [0.25, 0.3) is 0 Å². The number of amides is 2. The van der Waals surface area contributed by atoms with Gasteiger partial charge in [0.2, 0.25) is 11.8 Å². The van der Waals surface area contributed by atoms with Crippen LogP contribution in [0.4, 0.5) is 5.69 Å². The van der Waals surface area contributed by atoms with E-state index in [1.165, 1.54) is 0 Å². The molecular formula is C13H17N3O2. The molecule has 1 aliphatic rings. The predicted octanol–water partition coefficient (Wildman–Crippen LogP) is 0.360. The van der Waals surface area contributed by atoms with Gasteiger partial charge in [0.15, 0.2) is 0 Å². The summed E-state index contributed by atoms with van der Waals surface area (Å²) in [6.07, 6.45) is 0.389. The highest BCUT2D eigenvalue weighted by Crippen LogP contribution is 2.27. The SMILES string of the molecule is CC(C(=O)NCCN)c1ccc2c(c1)CC(=O)N2. The molecule has 2 rings (SSSR count). The topological polar surface area (TPSA) is 84.2 Å². The third kappa shape index (κ3) is 2.51. The summed E-state index contributed by atoms with van der Waals surface area (Å²) < 4.78 is 0. The fourth-order valence-electron chi connectivity index (χ4n) is 2.02. The Kier molecular flexibility index (Phi) is 3.62. The van der Waals surface area contributed by atoms with Gasteiger partial charge in [-0.25, -0.2) is 0 Å². The minimum absolute atomic E-state index is 0.00221. The highest BCUT2D eigenvalue weighted by atomic mass is 16.2. The molecule has 0 radical (unpaired) electrons. The van der Waals surface area contributed by atoms with Crippen LogP contribution in [0.5, 0.6) is 0 Å². The number of carbonyl (C=O) groups is 2. The number of rotatable bonds is 4. The molecule has 0 aliphatic carbocycles. The molecule has 1 aromatic rings. The monoisotopic (exact) mass is 247 g/mol. The predicted molar refractivity (Wildman–Crippen MR) is 69.3 cm³/mol. The van der Waals surface area contributed by atoms with E-state index in [1.54, 1.807) is 0 Å².